The number of methoxy groups -OCH3 is 3. The van der Waals surface area contributed by atoms with E-state index in [4.69, 9.17) is 28.4 Å². The molecule has 0 fully saturated rings. The molecule has 0 saturated carbocycles. The Morgan fingerprint density at radius 1 is 1.03 bits per heavy atom. The fraction of sp³-hybridized carbons (Fsp3) is 0.318. The molecule has 0 bridgehead atoms. The number of ether oxygens (including phenoxy) is 6. The van der Waals surface area contributed by atoms with E-state index in [-0.39, 0.29) is 19.2 Å². The summed E-state index contributed by atoms with van der Waals surface area (Å²) in [6, 6.07) is 7.38. The summed E-state index contributed by atoms with van der Waals surface area (Å²) in [6.45, 7) is 2.52. The predicted octanol–water partition coefficient (Wildman–Crippen LogP) is 3.17. The second-order valence-electron chi connectivity index (χ2n) is 6.70. The molecule has 0 radical (unpaired) electrons. The number of carbonyl (C=O) groups is 1. The second-order valence-corrected chi connectivity index (χ2v) is 6.70. The van der Waals surface area contributed by atoms with Crippen molar-refractivity contribution in [2.45, 2.75) is 13.5 Å². The van der Waals surface area contributed by atoms with Crippen molar-refractivity contribution in [3.05, 3.63) is 35.7 Å². The highest BCUT2D eigenvalue weighted by atomic mass is 16.7. The molecular formula is C22H23N3O7. The maximum Gasteiger partial charge on any atom is 0.376 e. The van der Waals surface area contributed by atoms with Gasteiger partial charge in [0.15, 0.2) is 23.0 Å². The molecule has 10 heteroatoms. The van der Waals surface area contributed by atoms with Crippen LogP contribution in [0.5, 0.6) is 28.7 Å². The SMILES string of the molecule is CCOC(=O)c1nc(NCc2ccc3c(c2)OCO3)c2cc(OC)c(OC)c(OC)c2n1. The molecule has 0 unspecified atom stereocenters. The van der Waals surface area contributed by atoms with Crippen molar-refractivity contribution in [3.63, 3.8) is 0 Å². The Labute approximate surface area is 184 Å². The normalized spacial score (nSPS) is 11.9. The number of esters is 1. The van der Waals surface area contributed by atoms with Crippen molar-refractivity contribution in [2.24, 2.45) is 0 Å². The first kappa shape index (κ1) is 21.3. The van der Waals surface area contributed by atoms with Crippen LogP contribution in [-0.2, 0) is 11.3 Å². The van der Waals surface area contributed by atoms with E-state index >= 15 is 0 Å². The lowest BCUT2D eigenvalue weighted by Gasteiger charge is -2.17. The summed E-state index contributed by atoms with van der Waals surface area (Å²) in [6.07, 6.45) is 0. The number of carbonyl (C=O) groups excluding carboxylic acids is 1. The van der Waals surface area contributed by atoms with E-state index in [0.29, 0.717) is 52.0 Å². The van der Waals surface area contributed by atoms with Crippen LogP contribution in [0.2, 0.25) is 0 Å². The van der Waals surface area contributed by atoms with Crippen LogP contribution >= 0.6 is 0 Å². The number of anilines is 1. The van der Waals surface area contributed by atoms with E-state index in [1.807, 2.05) is 18.2 Å². The third-order valence-corrected chi connectivity index (χ3v) is 4.85. The number of hydrogen-bond acceptors (Lipinski definition) is 10. The molecule has 1 aliphatic rings. The van der Waals surface area contributed by atoms with Crippen molar-refractivity contribution < 1.29 is 33.2 Å². The summed E-state index contributed by atoms with van der Waals surface area (Å²) in [5.74, 6) is 2.17. The molecule has 2 heterocycles. The fourth-order valence-corrected chi connectivity index (χ4v) is 3.39. The number of fused-ring (bicyclic) bond motifs is 2. The standard InChI is InChI=1S/C22H23N3O7/c1-5-30-22(26)21-24-17-13(9-16(27-2)18(28-3)19(17)29-4)20(25-21)23-10-12-6-7-14-15(8-12)32-11-31-14/h6-9H,5,10-11H2,1-4H3,(H,23,24,25). The monoisotopic (exact) mass is 441 g/mol. The third-order valence-electron chi connectivity index (χ3n) is 4.85. The summed E-state index contributed by atoms with van der Waals surface area (Å²) < 4.78 is 32.4. The molecule has 0 atom stereocenters. The number of aromatic nitrogens is 2. The van der Waals surface area contributed by atoms with Crippen LogP contribution in [0.1, 0.15) is 23.1 Å². The Morgan fingerprint density at radius 3 is 2.53 bits per heavy atom. The molecule has 1 aliphatic heterocycles. The number of nitrogens with zero attached hydrogens (tertiary/aromatic N) is 2. The zero-order valence-corrected chi connectivity index (χ0v) is 18.2. The molecule has 0 spiro atoms. The Balaban J connectivity index is 1.80. The average molecular weight is 441 g/mol. The van der Waals surface area contributed by atoms with E-state index in [2.05, 4.69) is 15.3 Å². The quantitative estimate of drug-likeness (QED) is 0.523. The summed E-state index contributed by atoms with van der Waals surface area (Å²) >= 11 is 0. The van der Waals surface area contributed by atoms with Gasteiger partial charge >= 0.3 is 5.97 Å². The van der Waals surface area contributed by atoms with Gasteiger partial charge in [-0.05, 0) is 30.7 Å². The Kier molecular flexibility index (Phi) is 6.02. The minimum Gasteiger partial charge on any atom is -0.493 e. The predicted molar refractivity (Wildman–Crippen MR) is 115 cm³/mol. The van der Waals surface area contributed by atoms with Crippen LogP contribution in [0.3, 0.4) is 0 Å². The van der Waals surface area contributed by atoms with E-state index in [1.165, 1.54) is 21.3 Å². The molecule has 1 N–H and O–H groups in total. The lowest BCUT2D eigenvalue weighted by molar-refractivity contribution is 0.0512. The zero-order valence-electron chi connectivity index (χ0n) is 18.2. The van der Waals surface area contributed by atoms with Crippen molar-refractivity contribution in [3.8, 4) is 28.7 Å². The molecule has 0 aliphatic carbocycles. The van der Waals surface area contributed by atoms with Crippen LogP contribution in [0.25, 0.3) is 10.9 Å². The second kappa shape index (κ2) is 9.04. The first-order valence-corrected chi connectivity index (χ1v) is 9.89. The average Bonchev–Trinajstić information content (AvgIpc) is 3.29. The van der Waals surface area contributed by atoms with Gasteiger partial charge in [-0.1, -0.05) is 6.07 Å². The Bertz CT molecular complexity index is 1170. The van der Waals surface area contributed by atoms with E-state index in [9.17, 15) is 4.79 Å². The van der Waals surface area contributed by atoms with E-state index < -0.39 is 5.97 Å². The van der Waals surface area contributed by atoms with Crippen molar-refractivity contribution in [1.29, 1.82) is 0 Å². The van der Waals surface area contributed by atoms with Crippen LogP contribution in [0.15, 0.2) is 24.3 Å². The molecule has 0 saturated heterocycles. The number of hydrogen-bond donors (Lipinski definition) is 1. The smallest absolute Gasteiger partial charge is 0.376 e. The number of benzene rings is 2. The van der Waals surface area contributed by atoms with Gasteiger partial charge in [-0.25, -0.2) is 14.8 Å². The van der Waals surface area contributed by atoms with Crippen LogP contribution in [0.4, 0.5) is 5.82 Å². The van der Waals surface area contributed by atoms with Crippen molar-refractivity contribution in [1.82, 2.24) is 9.97 Å². The lowest BCUT2D eigenvalue weighted by Crippen LogP contribution is -2.13. The molecule has 2 aromatic carbocycles. The highest BCUT2D eigenvalue weighted by Crippen LogP contribution is 2.44. The summed E-state index contributed by atoms with van der Waals surface area (Å²) in [7, 11) is 4.51. The molecular weight excluding hydrogens is 418 g/mol. The minimum absolute atomic E-state index is 0.0990. The maximum absolute atomic E-state index is 12.4. The summed E-state index contributed by atoms with van der Waals surface area (Å²) in [4.78, 5) is 21.2. The Hall–Kier alpha value is -3.95. The van der Waals surface area contributed by atoms with Crippen LogP contribution in [-0.4, -0.2) is 50.7 Å². The zero-order chi connectivity index (χ0) is 22.7. The van der Waals surface area contributed by atoms with Gasteiger partial charge in [-0.2, -0.15) is 0 Å². The van der Waals surface area contributed by atoms with E-state index in [1.54, 1.807) is 13.0 Å². The summed E-state index contributed by atoms with van der Waals surface area (Å²) in [5.41, 5.74) is 1.32. The van der Waals surface area contributed by atoms with Gasteiger partial charge in [0.25, 0.3) is 0 Å². The van der Waals surface area contributed by atoms with Gasteiger partial charge in [0.2, 0.25) is 18.4 Å². The molecule has 3 aromatic rings. The van der Waals surface area contributed by atoms with Crippen LogP contribution in [0, 0.1) is 0 Å². The molecule has 0 amide bonds. The first-order valence-electron chi connectivity index (χ1n) is 9.89. The van der Waals surface area contributed by atoms with Gasteiger partial charge in [-0.15, -0.1) is 0 Å². The molecule has 32 heavy (non-hydrogen) atoms. The highest BCUT2D eigenvalue weighted by Gasteiger charge is 2.23. The van der Waals surface area contributed by atoms with Gasteiger partial charge in [0, 0.05) is 6.54 Å². The largest absolute Gasteiger partial charge is 0.493 e. The van der Waals surface area contributed by atoms with Gasteiger partial charge in [0.05, 0.1) is 33.3 Å². The molecule has 10 nitrogen and oxygen atoms in total. The van der Waals surface area contributed by atoms with Gasteiger partial charge < -0.3 is 33.7 Å². The van der Waals surface area contributed by atoms with Crippen LogP contribution < -0.4 is 29.0 Å². The Morgan fingerprint density at radius 2 is 1.81 bits per heavy atom. The topological polar surface area (TPSA) is 110 Å². The number of nitrogens with one attached hydrogen (secondary N) is 1. The van der Waals surface area contributed by atoms with E-state index in [0.717, 1.165) is 5.56 Å². The van der Waals surface area contributed by atoms with Crippen molar-refractivity contribution >= 4 is 22.7 Å². The highest BCUT2D eigenvalue weighted by molar-refractivity contribution is 5.99. The van der Waals surface area contributed by atoms with Crippen molar-refractivity contribution in [2.75, 3.05) is 40.0 Å². The summed E-state index contributed by atoms with van der Waals surface area (Å²) in [5, 5.41) is 3.86. The minimum atomic E-state index is -0.641. The maximum atomic E-state index is 12.4. The first-order chi connectivity index (χ1) is 15.6. The number of rotatable bonds is 8. The van der Waals surface area contributed by atoms with Gasteiger partial charge in [0.1, 0.15) is 11.3 Å². The molecule has 168 valence electrons. The third kappa shape index (κ3) is 3.86. The molecule has 1 aromatic heterocycles. The molecule has 4 rings (SSSR count). The fourth-order valence-electron chi connectivity index (χ4n) is 3.39. The van der Waals surface area contributed by atoms with Gasteiger partial charge in [-0.3, -0.25) is 0 Å². The lowest BCUT2D eigenvalue weighted by atomic mass is 10.1.